The standard InChI is InChI=1S/C12H17ClINO2S/c13-11-5-7-12(8-6-11)18(16,17)15-10-4-2-1-3-9-14/h5-8,15H,1-4,9-10H2. The van der Waals surface area contributed by atoms with E-state index in [-0.39, 0.29) is 4.90 Å². The van der Waals surface area contributed by atoms with Crippen molar-refractivity contribution in [2.24, 2.45) is 0 Å². The van der Waals surface area contributed by atoms with Crippen LogP contribution in [0.2, 0.25) is 5.02 Å². The molecule has 18 heavy (non-hydrogen) atoms. The van der Waals surface area contributed by atoms with Crippen LogP contribution in [-0.2, 0) is 10.0 Å². The molecule has 0 aliphatic rings. The molecule has 0 aromatic heterocycles. The van der Waals surface area contributed by atoms with Crippen molar-refractivity contribution in [1.82, 2.24) is 4.72 Å². The third-order valence-electron chi connectivity index (χ3n) is 2.48. The minimum Gasteiger partial charge on any atom is -0.211 e. The predicted octanol–water partition coefficient (Wildman–Crippen LogP) is 3.61. The van der Waals surface area contributed by atoms with Gasteiger partial charge in [0.2, 0.25) is 10.0 Å². The van der Waals surface area contributed by atoms with Crippen molar-refractivity contribution in [2.45, 2.75) is 30.6 Å². The van der Waals surface area contributed by atoms with Gasteiger partial charge in [-0.2, -0.15) is 0 Å². The van der Waals surface area contributed by atoms with E-state index in [1.54, 1.807) is 12.1 Å². The van der Waals surface area contributed by atoms with Gasteiger partial charge in [-0.1, -0.05) is 47.0 Å². The van der Waals surface area contributed by atoms with Crippen molar-refractivity contribution in [3.63, 3.8) is 0 Å². The smallest absolute Gasteiger partial charge is 0.211 e. The quantitative estimate of drug-likeness (QED) is 0.411. The second-order valence-corrected chi connectivity index (χ2v) is 7.24. The summed E-state index contributed by atoms with van der Waals surface area (Å²) in [7, 11) is -3.38. The Kier molecular flexibility index (Phi) is 7.51. The molecule has 0 spiro atoms. The minimum atomic E-state index is -3.38. The van der Waals surface area contributed by atoms with Crippen LogP contribution in [0, 0.1) is 0 Å². The maximum Gasteiger partial charge on any atom is 0.240 e. The largest absolute Gasteiger partial charge is 0.240 e. The molecule has 0 atom stereocenters. The van der Waals surface area contributed by atoms with Gasteiger partial charge in [0.05, 0.1) is 4.90 Å². The van der Waals surface area contributed by atoms with Gasteiger partial charge in [0, 0.05) is 11.6 Å². The van der Waals surface area contributed by atoms with Gasteiger partial charge in [-0.3, -0.25) is 0 Å². The Bertz CT molecular complexity index is 448. The Balaban J connectivity index is 2.38. The fraction of sp³-hybridized carbons (Fsp3) is 0.500. The van der Waals surface area contributed by atoms with Gasteiger partial charge < -0.3 is 0 Å². The number of halogens is 2. The van der Waals surface area contributed by atoms with Crippen LogP contribution < -0.4 is 4.72 Å². The highest BCUT2D eigenvalue weighted by Crippen LogP contribution is 2.13. The van der Waals surface area contributed by atoms with E-state index in [0.29, 0.717) is 11.6 Å². The van der Waals surface area contributed by atoms with Crippen molar-refractivity contribution >= 4 is 44.2 Å². The Hall–Kier alpha value is 0.150. The van der Waals surface area contributed by atoms with E-state index in [0.717, 1.165) is 23.7 Å². The highest BCUT2D eigenvalue weighted by Gasteiger charge is 2.12. The van der Waals surface area contributed by atoms with Gasteiger partial charge >= 0.3 is 0 Å². The zero-order valence-corrected chi connectivity index (χ0v) is 13.8. The Morgan fingerprint density at radius 1 is 1.06 bits per heavy atom. The summed E-state index contributed by atoms with van der Waals surface area (Å²) in [6.45, 7) is 0.492. The normalized spacial score (nSPS) is 11.7. The molecular weight excluding hydrogens is 385 g/mol. The molecule has 0 saturated carbocycles. The molecule has 0 saturated heterocycles. The average Bonchev–Trinajstić information content (AvgIpc) is 2.34. The van der Waals surface area contributed by atoms with Gasteiger partial charge in [-0.15, -0.1) is 0 Å². The zero-order chi connectivity index (χ0) is 13.4. The molecule has 0 bridgehead atoms. The molecule has 102 valence electrons. The molecule has 1 aromatic rings. The third kappa shape index (κ3) is 5.86. The summed E-state index contributed by atoms with van der Waals surface area (Å²) in [6, 6.07) is 6.19. The highest BCUT2D eigenvalue weighted by molar-refractivity contribution is 14.1. The predicted molar refractivity (Wildman–Crippen MR) is 84.0 cm³/mol. The lowest BCUT2D eigenvalue weighted by molar-refractivity contribution is 0.574. The van der Waals surface area contributed by atoms with Crippen LogP contribution in [0.1, 0.15) is 25.7 Å². The topological polar surface area (TPSA) is 46.2 Å². The number of hydrogen-bond donors (Lipinski definition) is 1. The number of benzene rings is 1. The van der Waals surface area contributed by atoms with E-state index < -0.39 is 10.0 Å². The number of alkyl halides is 1. The second-order valence-electron chi connectivity index (χ2n) is 3.95. The van der Waals surface area contributed by atoms with Crippen LogP contribution in [0.25, 0.3) is 0 Å². The van der Waals surface area contributed by atoms with E-state index in [9.17, 15) is 8.42 Å². The SMILES string of the molecule is O=S(=O)(NCCCCCCI)c1ccc(Cl)cc1. The minimum absolute atomic E-state index is 0.263. The monoisotopic (exact) mass is 401 g/mol. The van der Waals surface area contributed by atoms with Crippen LogP contribution in [0.4, 0.5) is 0 Å². The maximum atomic E-state index is 11.9. The number of rotatable bonds is 8. The van der Waals surface area contributed by atoms with E-state index in [4.69, 9.17) is 11.6 Å². The van der Waals surface area contributed by atoms with Crippen molar-refractivity contribution in [3.05, 3.63) is 29.3 Å². The molecule has 0 aliphatic heterocycles. The highest BCUT2D eigenvalue weighted by atomic mass is 127. The van der Waals surface area contributed by atoms with Crippen LogP contribution >= 0.6 is 34.2 Å². The summed E-state index contributed by atoms with van der Waals surface area (Å²) in [6.07, 6.45) is 4.30. The first-order valence-electron chi connectivity index (χ1n) is 5.87. The summed E-state index contributed by atoms with van der Waals surface area (Å²) < 4.78 is 27.5. The van der Waals surface area contributed by atoms with Crippen molar-refractivity contribution in [1.29, 1.82) is 0 Å². The number of nitrogens with one attached hydrogen (secondary N) is 1. The summed E-state index contributed by atoms with van der Waals surface area (Å²) in [5, 5.41) is 0.535. The summed E-state index contributed by atoms with van der Waals surface area (Å²) in [4.78, 5) is 0.263. The lowest BCUT2D eigenvalue weighted by atomic mass is 10.2. The lowest BCUT2D eigenvalue weighted by Crippen LogP contribution is -2.24. The van der Waals surface area contributed by atoms with E-state index in [1.807, 2.05) is 0 Å². The van der Waals surface area contributed by atoms with Gasteiger partial charge in [0.15, 0.2) is 0 Å². The molecule has 1 N–H and O–H groups in total. The molecule has 1 aromatic carbocycles. The molecule has 0 radical (unpaired) electrons. The maximum absolute atomic E-state index is 11.9. The van der Waals surface area contributed by atoms with E-state index >= 15 is 0 Å². The molecule has 0 aliphatic carbocycles. The van der Waals surface area contributed by atoms with E-state index in [1.165, 1.54) is 18.6 Å². The molecule has 0 amide bonds. The first kappa shape index (κ1) is 16.2. The summed E-state index contributed by atoms with van der Waals surface area (Å²) in [5.41, 5.74) is 0. The van der Waals surface area contributed by atoms with Gasteiger partial charge in [-0.25, -0.2) is 13.1 Å². The molecule has 6 heteroatoms. The second kappa shape index (κ2) is 8.35. The van der Waals surface area contributed by atoms with Crippen LogP contribution in [0.3, 0.4) is 0 Å². The molecule has 0 fully saturated rings. The van der Waals surface area contributed by atoms with Crippen LogP contribution in [0.15, 0.2) is 29.2 Å². The Morgan fingerprint density at radius 2 is 1.67 bits per heavy atom. The number of sulfonamides is 1. The number of unbranched alkanes of at least 4 members (excludes halogenated alkanes) is 3. The van der Waals surface area contributed by atoms with Crippen molar-refractivity contribution in [2.75, 3.05) is 11.0 Å². The fourth-order valence-electron chi connectivity index (χ4n) is 1.48. The molecular formula is C12H17ClINO2S. The zero-order valence-electron chi connectivity index (χ0n) is 10.0. The molecule has 0 heterocycles. The van der Waals surface area contributed by atoms with E-state index in [2.05, 4.69) is 27.3 Å². The van der Waals surface area contributed by atoms with Crippen LogP contribution in [-0.4, -0.2) is 19.4 Å². The molecule has 0 unspecified atom stereocenters. The molecule has 1 rings (SSSR count). The number of hydrogen-bond acceptors (Lipinski definition) is 2. The fourth-order valence-corrected chi connectivity index (χ4v) is 3.22. The van der Waals surface area contributed by atoms with Gasteiger partial charge in [0.1, 0.15) is 0 Å². The van der Waals surface area contributed by atoms with Crippen LogP contribution in [0.5, 0.6) is 0 Å². The third-order valence-corrected chi connectivity index (χ3v) is 4.97. The van der Waals surface area contributed by atoms with Crippen molar-refractivity contribution in [3.8, 4) is 0 Å². The first-order chi connectivity index (χ1) is 8.56. The first-order valence-corrected chi connectivity index (χ1v) is 9.26. The van der Waals surface area contributed by atoms with Gasteiger partial charge in [-0.05, 0) is 41.5 Å². The lowest BCUT2D eigenvalue weighted by Gasteiger charge is -2.06. The average molecular weight is 402 g/mol. The Labute approximate surface area is 127 Å². The van der Waals surface area contributed by atoms with Gasteiger partial charge in [0.25, 0.3) is 0 Å². The van der Waals surface area contributed by atoms with Crippen molar-refractivity contribution < 1.29 is 8.42 Å². The Morgan fingerprint density at radius 3 is 2.28 bits per heavy atom. The summed E-state index contributed by atoms with van der Waals surface area (Å²) >= 11 is 8.07. The summed E-state index contributed by atoms with van der Waals surface area (Å²) in [5.74, 6) is 0. The molecule has 3 nitrogen and oxygen atoms in total.